The highest BCUT2D eigenvalue weighted by atomic mass is 33.1. The van der Waals surface area contributed by atoms with Crippen LogP contribution < -0.4 is 0 Å². The van der Waals surface area contributed by atoms with Gasteiger partial charge in [-0.1, -0.05) is 18.2 Å². The van der Waals surface area contributed by atoms with Crippen molar-refractivity contribution in [1.29, 1.82) is 0 Å². The van der Waals surface area contributed by atoms with E-state index in [0.29, 0.717) is 10.6 Å². The molecule has 0 aliphatic carbocycles. The summed E-state index contributed by atoms with van der Waals surface area (Å²) >= 11 is 0. The van der Waals surface area contributed by atoms with Gasteiger partial charge in [0.25, 0.3) is 0 Å². The number of aryl methyl sites for hydroxylation is 1. The first-order chi connectivity index (χ1) is 9.09. The second-order valence-corrected chi connectivity index (χ2v) is 8.51. The molecule has 1 aromatic carbocycles. The molecule has 106 valence electrons. The zero-order valence-corrected chi connectivity index (χ0v) is 12.7. The van der Waals surface area contributed by atoms with Crippen LogP contribution in [-0.2, 0) is 13.6 Å². The summed E-state index contributed by atoms with van der Waals surface area (Å²) in [5.41, 5.74) is 0.807. The fraction of sp³-hybridized carbons (Fsp3) is 0.538. The summed E-state index contributed by atoms with van der Waals surface area (Å²) in [7, 11) is -2.20. The predicted octanol–water partition coefficient (Wildman–Crippen LogP) is 1.75. The normalized spacial score (nSPS) is 17.5. The first-order valence-corrected chi connectivity index (χ1v) is 9.33. The van der Waals surface area contributed by atoms with E-state index in [4.69, 9.17) is 4.74 Å². The number of hydrogen-bond acceptors (Lipinski definition) is 5. The minimum atomic E-state index is -3.23. The van der Waals surface area contributed by atoms with Crippen LogP contribution >= 0.6 is 10.8 Å². The number of hydrogen-bond donors (Lipinski definition) is 0. The van der Waals surface area contributed by atoms with E-state index >= 15 is 0 Å². The molecule has 0 radical (unpaired) electrons. The Morgan fingerprint density at radius 2 is 1.95 bits per heavy atom. The number of nitrogens with zero attached hydrogens (tertiary/aromatic N) is 1. The van der Waals surface area contributed by atoms with Gasteiger partial charge in [-0.2, -0.15) is 0 Å². The lowest BCUT2D eigenvalue weighted by Crippen LogP contribution is -2.37. The molecule has 4 nitrogen and oxygen atoms in total. The van der Waals surface area contributed by atoms with Gasteiger partial charge in [-0.15, -0.1) is 0 Å². The summed E-state index contributed by atoms with van der Waals surface area (Å²) in [6, 6.07) is 7.12. The van der Waals surface area contributed by atoms with Gasteiger partial charge in [0.2, 0.25) is 8.87 Å². The van der Waals surface area contributed by atoms with E-state index in [1.165, 1.54) is 0 Å². The molecular weight excluding hydrogens is 282 g/mol. The molecule has 0 saturated carbocycles. The average molecular weight is 301 g/mol. The predicted molar refractivity (Wildman–Crippen MR) is 78.1 cm³/mol. The summed E-state index contributed by atoms with van der Waals surface area (Å²) < 4.78 is 29.7. The highest BCUT2D eigenvalue weighted by Gasteiger charge is 2.18. The Morgan fingerprint density at radius 1 is 1.26 bits per heavy atom. The highest BCUT2D eigenvalue weighted by molar-refractivity contribution is 8.72. The maximum atomic E-state index is 12.2. The van der Waals surface area contributed by atoms with Gasteiger partial charge in [0, 0.05) is 25.4 Å². The molecule has 19 heavy (non-hydrogen) atoms. The van der Waals surface area contributed by atoms with Crippen molar-refractivity contribution in [1.82, 2.24) is 4.90 Å². The van der Waals surface area contributed by atoms with Crippen LogP contribution in [0.25, 0.3) is 0 Å². The lowest BCUT2D eigenvalue weighted by molar-refractivity contribution is 0.0410. The van der Waals surface area contributed by atoms with Gasteiger partial charge in [0.05, 0.1) is 18.1 Å². The van der Waals surface area contributed by atoms with Crippen LogP contribution in [0.2, 0.25) is 0 Å². The Balaban J connectivity index is 1.89. The van der Waals surface area contributed by atoms with Crippen LogP contribution in [0.4, 0.5) is 0 Å². The SMILES string of the molecule is Cc1ccccc1S(=O)(=O)SCCN1CCOCC1. The molecule has 1 aliphatic rings. The highest BCUT2D eigenvalue weighted by Crippen LogP contribution is 2.25. The van der Waals surface area contributed by atoms with E-state index in [0.717, 1.165) is 49.2 Å². The minimum Gasteiger partial charge on any atom is -0.379 e. The molecule has 1 fully saturated rings. The maximum Gasteiger partial charge on any atom is 0.230 e. The summed E-state index contributed by atoms with van der Waals surface area (Å²) in [6.07, 6.45) is 0. The summed E-state index contributed by atoms with van der Waals surface area (Å²) in [4.78, 5) is 2.67. The Morgan fingerprint density at radius 3 is 2.63 bits per heavy atom. The van der Waals surface area contributed by atoms with E-state index < -0.39 is 8.87 Å². The van der Waals surface area contributed by atoms with Gasteiger partial charge in [-0.25, -0.2) is 8.42 Å². The molecule has 1 aliphatic heterocycles. The standard InChI is InChI=1S/C13H19NO3S2/c1-12-4-2-3-5-13(12)19(15,16)18-11-8-14-6-9-17-10-7-14/h2-5H,6-11H2,1H3. The van der Waals surface area contributed by atoms with Crippen molar-refractivity contribution in [3.8, 4) is 0 Å². The van der Waals surface area contributed by atoms with Crippen LogP contribution in [-0.4, -0.2) is 51.9 Å². The van der Waals surface area contributed by atoms with E-state index in [1.54, 1.807) is 12.1 Å². The Bertz CT molecular complexity index is 510. The Kier molecular flexibility index (Phi) is 5.27. The molecule has 0 atom stereocenters. The van der Waals surface area contributed by atoms with Gasteiger partial charge >= 0.3 is 0 Å². The third-order valence-corrected chi connectivity index (χ3v) is 6.74. The number of benzene rings is 1. The fourth-order valence-corrected chi connectivity index (χ4v) is 5.21. The summed E-state index contributed by atoms with van der Waals surface area (Å²) in [5.74, 6) is 0.594. The number of ether oxygens (including phenoxy) is 1. The van der Waals surface area contributed by atoms with Gasteiger partial charge in [-0.05, 0) is 29.3 Å². The van der Waals surface area contributed by atoms with Crippen molar-refractivity contribution in [3.05, 3.63) is 29.8 Å². The Hall–Kier alpha value is -0.560. The number of rotatable bonds is 5. The summed E-state index contributed by atoms with van der Waals surface area (Å²) in [6.45, 7) is 5.90. The van der Waals surface area contributed by atoms with Crippen molar-refractivity contribution in [2.24, 2.45) is 0 Å². The van der Waals surface area contributed by atoms with Crippen LogP contribution in [0, 0.1) is 6.92 Å². The van der Waals surface area contributed by atoms with Crippen LogP contribution in [0.15, 0.2) is 29.2 Å². The van der Waals surface area contributed by atoms with E-state index in [2.05, 4.69) is 4.90 Å². The second kappa shape index (κ2) is 6.74. The van der Waals surface area contributed by atoms with Crippen LogP contribution in [0.5, 0.6) is 0 Å². The molecule has 0 amide bonds. The largest absolute Gasteiger partial charge is 0.379 e. The molecule has 0 N–H and O–H groups in total. The van der Waals surface area contributed by atoms with E-state index in [-0.39, 0.29) is 0 Å². The van der Waals surface area contributed by atoms with Crippen LogP contribution in [0.1, 0.15) is 5.56 Å². The molecule has 6 heteroatoms. The van der Waals surface area contributed by atoms with E-state index in [1.807, 2.05) is 19.1 Å². The molecule has 2 rings (SSSR count). The van der Waals surface area contributed by atoms with Crippen molar-refractivity contribution in [2.75, 3.05) is 38.6 Å². The molecule has 0 unspecified atom stereocenters. The summed E-state index contributed by atoms with van der Waals surface area (Å²) in [5, 5.41) is 0. The molecule has 0 spiro atoms. The minimum absolute atomic E-state index is 0.432. The lowest BCUT2D eigenvalue weighted by Gasteiger charge is -2.26. The molecule has 1 saturated heterocycles. The van der Waals surface area contributed by atoms with Gasteiger partial charge < -0.3 is 4.74 Å². The maximum absolute atomic E-state index is 12.2. The first-order valence-electron chi connectivity index (χ1n) is 6.35. The van der Waals surface area contributed by atoms with Crippen LogP contribution in [0.3, 0.4) is 0 Å². The van der Waals surface area contributed by atoms with Gasteiger partial charge in [-0.3, -0.25) is 4.90 Å². The molecule has 1 heterocycles. The van der Waals surface area contributed by atoms with Gasteiger partial charge in [0.1, 0.15) is 0 Å². The number of morpholine rings is 1. The first kappa shape index (κ1) is 14.8. The average Bonchev–Trinajstić information content (AvgIpc) is 2.40. The monoisotopic (exact) mass is 301 g/mol. The van der Waals surface area contributed by atoms with Crippen molar-refractivity contribution in [2.45, 2.75) is 11.8 Å². The molecule has 0 aromatic heterocycles. The van der Waals surface area contributed by atoms with Gasteiger partial charge in [0.15, 0.2) is 0 Å². The Labute approximate surface area is 118 Å². The lowest BCUT2D eigenvalue weighted by atomic mass is 10.2. The zero-order chi connectivity index (χ0) is 13.7. The fourth-order valence-electron chi connectivity index (χ4n) is 2.00. The quantitative estimate of drug-likeness (QED) is 0.775. The second-order valence-electron chi connectivity index (χ2n) is 4.50. The van der Waals surface area contributed by atoms with Crippen molar-refractivity contribution < 1.29 is 13.2 Å². The van der Waals surface area contributed by atoms with Crippen molar-refractivity contribution >= 4 is 19.7 Å². The third-order valence-electron chi connectivity index (χ3n) is 3.11. The van der Waals surface area contributed by atoms with Crippen molar-refractivity contribution in [3.63, 3.8) is 0 Å². The molecular formula is C13H19NO3S2. The molecule has 0 bridgehead atoms. The zero-order valence-electron chi connectivity index (χ0n) is 11.0. The smallest absolute Gasteiger partial charge is 0.230 e. The molecule has 1 aromatic rings. The topological polar surface area (TPSA) is 46.6 Å². The third kappa shape index (κ3) is 4.21. The van der Waals surface area contributed by atoms with E-state index in [9.17, 15) is 8.42 Å².